The summed E-state index contributed by atoms with van der Waals surface area (Å²) < 4.78 is 0. The smallest absolute Gasteiger partial charge is 1.00 e. The van der Waals surface area contributed by atoms with Crippen molar-refractivity contribution in [2.75, 3.05) is 18.5 Å². The number of aromatic hydroxyl groups is 1. The van der Waals surface area contributed by atoms with Gasteiger partial charge in [0.05, 0.1) is 5.69 Å². The third-order valence-electron chi connectivity index (χ3n) is 1.67. The number of phenolic OH excluding ortho intramolecular Hbond substituents is 1. The standard InChI is InChI=1S/C9H11NO3.Na.H/c1-10(6-9(12)13)7-4-2-3-5-8(7)11;;/h2-5,11H,6H2,1H3,(H,12,13);;/q;+1;-1. The van der Waals surface area contributed by atoms with Crippen molar-refractivity contribution >= 4 is 11.7 Å². The van der Waals surface area contributed by atoms with E-state index in [9.17, 15) is 9.90 Å². The number of aliphatic carboxylic acids is 1. The third-order valence-corrected chi connectivity index (χ3v) is 1.67. The first-order valence-electron chi connectivity index (χ1n) is 3.82. The molecule has 0 saturated carbocycles. The van der Waals surface area contributed by atoms with Gasteiger partial charge in [-0.3, -0.25) is 4.79 Å². The summed E-state index contributed by atoms with van der Waals surface area (Å²) >= 11 is 0. The van der Waals surface area contributed by atoms with Gasteiger partial charge in [-0.15, -0.1) is 0 Å². The van der Waals surface area contributed by atoms with Gasteiger partial charge in [-0.1, -0.05) is 12.1 Å². The molecule has 1 aromatic carbocycles. The second-order valence-electron chi connectivity index (χ2n) is 2.74. The second-order valence-corrected chi connectivity index (χ2v) is 2.74. The Morgan fingerprint density at radius 3 is 2.57 bits per heavy atom. The summed E-state index contributed by atoms with van der Waals surface area (Å²) in [6.45, 7) is -0.127. The molecule has 0 unspecified atom stereocenters. The van der Waals surface area contributed by atoms with E-state index in [2.05, 4.69) is 0 Å². The fraction of sp³-hybridized carbons (Fsp3) is 0.222. The number of likely N-dealkylation sites (N-methyl/N-ethyl adjacent to an activating group) is 1. The van der Waals surface area contributed by atoms with Crippen molar-refractivity contribution in [3.05, 3.63) is 24.3 Å². The molecule has 5 heteroatoms. The Balaban J connectivity index is 0. The van der Waals surface area contributed by atoms with Gasteiger partial charge in [0.25, 0.3) is 0 Å². The van der Waals surface area contributed by atoms with Crippen LogP contribution < -0.4 is 34.5 Å². The minimum Gasteiger partial charge on any atom is -1.00 e. The number of carboxylic acids is 1. The Morgan fingerprint density at radius 1 is 1.50 bits per heavy atom. The maximum atomic E-state index is 10.4. The quantitative estimate of drug-likeness (QED) is 0.562. The molecule has 72 valence electrons. The number of phenols is 1. The molecule has 0 amide bonds. The average molecular weight is 205 g/mol. The second kappa shape index (κ2) is 5.90. The molecule has 0 radical (unpaired) electrons. The van der Waals surface area contributed by atoms with Crippen molar-refractivity contribution in [2.24, 2.45) is 0 Å². The molecular weight excluding hydrogens is 193 g/mol. The van der Waals surface area contributed by atoms with Crippen LogP contribution in [0.5, 0.6) is 5.75 Å². The van der Waals surface area contributed by atoms with E-state index in [0.29, 0.717) is 5.69 Å². The number of rotatable bonds is 3. The van der Waals surface area contributed by atoms with Crippen molar-refractivity contribution in [1.82, 2.24) is 0 Å². The van der Waals surface area contributed by atoms with Gasteiger partial charge in [-0.2, -0.15) is 0 Å². The minimum absolute atomic E-state index is 0. The molecule has 0 aliphatic rings. The van der Waals surface area contributed by atoms with Crippen LogP contribution in [0.15, 0.2) is 24.3 Å². The van der Waals surface area contributed by atoms with Crippen molar-refractivity contribution in [1.29, 1.82) is 0 Å². The van der Waals surface area contributed by atoms with E-state index in [1.54, 1.807) is 25.2 Å². The largest absolute Gasteiger partial charge is 1.00 e. The first-order chi connectivity index (χ1) is 6.11. The van der Waals surface area contributed by atoms with Gasteiger partial charge in [-0.25, -0.2) is 0 Å². The molecule has 0 aliphatic heterocycles. The number of nitrogens with zero attached hydrogens (tertiary/aromatic N) is 1. The Bertz CT molecular complexity index is 322. The van der Waals surface area contributed by atoms with Crippen LogP contribution in [0.2, 0.25) is 0 Å². The van der Waals surface area contributed by atoms with Crippen molar-refractivity contribution < 1.29 is 46.0 Å². The molecule has 2 N–H and O–H groups in total. The fourth-order valence-corrected chi connectivity index (χ4v) is 1.08. The summed E-state index contributed by atoms with van der Waals surface area (Å²) in [5.74, 6) is -0.836. The summed E-state index contributed by atoms with van der Waals surface area (Å²) in [6, 6.07) is 6.62. The van der Waals surface area contributed by atoms with Crippen molar-refractivity contribution in [3.8, 4) is 5.75 Å². The summed E-state index contributed by atoms with van der Waals surface area (Å²) in [6.07, 6.45) is 0. The van der Waals surface area contributed by atoms with Gasteiger partial charge in [0.2, 0.25) is 0 Å². The number of carbonyl (C=O) groups is 1. The zero-order chi connectivity index (χ0) is 9.84. The maximum absolute atomic E-state index is 10.4. The number of para-hydroxylation sites is 2. The molecule has 0 bridgehead atoms. The molecule has 4 nitrogen and oxygen atoms in total. The van der Waals surface area contributed by atoms with Gasteiger partial charge < -0.3 is 16.5 Å². The maximum Gasteiger partial charge on any atom is 1.00 e. The first kappa shape index (κ1) is 13.3. The first-order valence-corrected chi connectivity index (χ1v) is 3.82. The van der Waals surface area contributed by atoms with E-state index < -0.39 is 5.97 Å². The Kier molecular flexibility index (Phi) is 5.60. The van der Waals surface area contributed by atoms with Gasteiger partial charge in [-0.05, 0) is 12.1 Å². The van der Waals surface area contributed by atoms with E-state index in [0.717, 1.165) is 0 Å². The monoisotopic (exact) mass is 205 g/mol. The zero-order valence-corrected chi connectivity index (χ0v) is 10.3. The van der Waals surface area contributed by atoms with Crippen LogP contribution in [0.4, 0.5) is 5.69 Å². The SMILES string of the molecule is CN(CC(=O)O)c1ccccc1O.[H-].[Na+]. The molecule has 1 rings (SSSR count). The predicted octanol–water partition coefficient (Wildman–Crippen LogP) is -1.97. The summed E-state index contributed by atoms with van der Waals surface area (Å²) in [4.78, 5) is 11.8. The molecule has 0 aliphatic carbocycles. The number of benzene rings is 1. The third kappa shape index (κ3) is 3.57. The fourth-order valence-electron chi connectivity index (χ4n) is 1.08. The van der Waals surface area contributed by atoms with E-state index in [1.165, 1.54) is 11.0 Å². The van der Waals surface area contributed by atoms with Crippen molar-refractivity contribution in [3.63, 3.8) is 0 Å². The summed E-state index contributed by atoms with van der Waals surface area (Å²) in [5, 5.41) is 17.9. The van der Waals surface area contributed by atoms with E-state index >= 15 is 0 Å². The molecule has 0 aromatic heterocycles. The topological polar surface area (TPSA) is 60.8 Å². The average Bonchev–Trinajstić information content (AvgIpc) is 2.03. The van der Waals surface area contributed by atoms with Crippen LogP contribution in [0, 0.1) is 0 Å². The molecule has 0 spiro atoms. The molecule has 1 aromatic rings. The molecule has 0 heterocycles. The normalized spacial score (nSPS) is 8.93. The van der Waals surface area contributed by atoms with Crippen LogP contribution in [-0.4, -0.2) is 29.8 Å². The Labute approximate surface area is 106 Å². The number of anilines is 1. The van der Waals surface area contributed by atoms with Crippen molar-refractivity contribution in [2.45, 2.75) is 0 Å². The van der Waals surface area contributed by atoms with Gasteiger partial charge in [0, 0.05) is 7.05 Å². The van der Waals surface area contributed by atoms with E-state index in [-0.39, 0.29) is 43.3 Å². The van der Waals surface area contributed by atoms with Gasteiger partial charge in [0.15, 0.2) is 0 Å². The van der Waals surface area contributed by atoms with E-state index in [1.807, 2.05) is 0 Å². The number of hydrogen-bond acceptors (Lipinski definition) is 3. The predicted molar refractivity (Wildman–Crippen MR) is 50.1 cm³/mol. The van der Waals surface area contributed by atoms with Crippen LogP contribution in [-0.2, 0) is 4.79 Å². The van der Waals surface area contributed by atoms with Crippen LogP contribution in [0.3, 0.4) is 0 Å². The van der Waals surface area contributed by atoms with Gasteiger partial charge >= 0.3 is 35.5 Å². The Hall–Kier alpha value is -0.710. The summed E-state index contributed by atoms with van der Waals surface area (Å²) in [5.41, 5.74) is 0.518. The zero-order valence-electron chi connectivity index (χ0n) is 9.27. The molecule has 0 saturated heterocycles. The van der Waals surface area contributed by atoms with Crippen LogP contribution in [0.1, 0.15) is 1.43 Å². The number of carboxylic acid groups (broad SMARTS) is 1. The molecule has 0 fully saturated rings. The summed E-state index contributed by atoms with van der Waals surface area (Å²) in [7, 11) is 1.61. The Morgan fingerprint density at radius 2 is 2.07 bits per heavy atom. The van der Waals surface area contributed by atoms with Gasteiger partial charge in [0.1, 0.15) is 12.3 Å². The van der Waals surface area contributed by atoms with E-state index in [4.69, 9.17) is 5.11 Å². The van der Waals surface area contributed by atoms with Crippen LogP contribution in [0.25, 0.3) is 0 Å². The minimum atomic E-state index is -0.925. The van der Waals surface area contributed by atoms with Crippen LogP contribution >= 0.6 is 0 Å². The number of hydrogen-bond donors (Lipinski definition) is 2. The molecular formula is C9H12NNaO3. The molecule has 0 atom stereocenters. The molecule has 14 heavy (non-hydrogen) atoms.